The van der Waals surface area contributed by atoms with Gasteiger partial charge >= 0.3 is 6.18 Å². The lowest BCUT2D eigenvalue weighted by atomic mass is 10.1. The van der Waals surface area contributed by atoms with Gasteiger partial charge in [-0.2, -0.15) is 13.2 Å². The highest BCUT2D eigenvalue weighted by Crippen LogP contribution is 2.32. The van der Waals surface area contributed by atoms with Crippen molar-refractivity contribution < 1.29 is 22.0 Å². The molecular formula is C18H13F4NO. The Labute approximate surface area is 135 Å². The molecule has 0 saturated carbocycles. The van der Waals surface area contributed by atoms with Gasteiger partial charge in [0.1, 0.15) is 17.3 Å². The highest BCUT2D eigenvalue weighted by molar-refractivity contribution is 5.59. The van der Waals surface area contributed by atoms with Gasteiger partial charge in [0.05, 0.1) is 12.1 Å². The van der Waals surface area contributed by atoms with Gasteiger partial charge in [-0.1, -0.05) is 12.1 Å². The molecule has 0 bridgehead atoms. The maximum absolute atomic E-state index is 12.8. The van der Waals surface area contributed by atoms with Gasteiger partial charge in [0.25, 0.3) is 0 Å². The third-order valence-electron chi connectivity index (χ3n) is 3.45. The van der Waals surface area contributed by atoms with Crippen LogP contribution >= 0.6 is 0 Å². The molecule has 1 N–H and O–H groups in total. The van der Waals surface area contributed by atoms with E-state index in [1.807, 2.05) is 0 Å². The summed E-state index contributed by atoms with van der Waals surface area (Å²) in [6.45, 7) is 0.338. The van der Waals surface area contributed by atoms with E-state index >= 15 is 0 Å². The Morgan fingerprint density at radius 3 is 2.38 bits per heavy atom. The molecule has 1 aromatic heterocycles. The van der Waals surface area contributed by atoms with Gasteiger partial charge in [0, 0.05) is 11.3 Å². The van der Waals surface area contributed by atoms with Gasteiger partial charge in [-0.25, -0.2) is 4.39 Å². The van der Waals surface area contributed by atoms with Gasteiger partial charge in [-0.3, -0.25) is 0 Å². The van der Waals surface area contributed by atoms with Crippen LogP contribution in [0.5, 0.6) is 0 Å². The predicted octanol–water partition coefficient (Wildman–Crippen LogP) is 5.72. The molecule has 6 heteroatoms. The molecule has 2 nitrogen and oxygen atoms in total. The molecule has 0 aliphatic rings. The smallest absolute Gasteiger partial charge is 0.416 e. The molecule has 3 aromatic rings. The van der Waals surface area contributed by atoms with Crippen LogP contribution in [0.15, 0.2) is 65.1 Å². The molecular weight excluding hydrogens is 322 g/mol. The lowest BCUT2D eigenvalue weighted by molar-refractivity contribution is -0.137. The van der Waals surface area contributed by atoms with E-state index in [1.165, 1.54) is 18.2 Å². The van der Waals surface area contributed by atoms with Crippen molar-refractivity contribution in [1.29, 1.82) is 0 Å². The molecule has 0 atom stereocenters. The summed E-state index contributed by atoms with van der Waals surface area (Å²) in [6.07, 6.45) is -4.39. The zero-order valence-electron chi connectivity index (χ0n) is 12.4. The average molecular weight is 335 g/mol. The zero-order valence-corrected chi connectivity index (χ0v) is 12.4. The fourth-order valence-electron chi connectivity index (χ4n) is 2.23. The van der Waals surface area contributed by atoms with Crippen LogP contribution in [-0.4, -0.2) is 0 Å². The molecule has 0 saturated heterocycles. The third-order valence-corrected chi connectivity index (χ3v) is 3.45. The van der Waals surface area contributed by atoms with Crippen molar-refractivity contribution in [3.05, 3.63) is 77.8 Å². The van der Waals surface area contributed by atoms with Crippen LogP contribution in [0, 0.1) is 5.82 Å². The SMILES string of the molecule is Fc1ccc(NCc2ccc(-c3cccc(C(F)(F)F)c3)o2)cc1. The van der Waals surface area contributed by atoms with Crippen molar-refractivity contribution in [2.45, 2.75) is 12.7 Å². The summed E-state index contributed by atoms with van der Waals surface area (Å²) in [4.78, 5) is 0. The van der Waals surface area contributed by atoms with E-state index in [-0.39, 0.29) is 5.82 Å². The maximum Gasteiger partial charge on any atom is 0.416 e. The van der Waals surface area contributed by atoms with Gasteiger partial charge in [-0.05, 0) is 48.5 Å². The highest BCUT2D eigenvalue weighted by atomic mass is 19.4. The van der Waals surface area contributed by atoms with Gasteiger partial charge in [0.2, 0.25) is 0 Å². The second-order valence-electron chi connectivity index (χ2n) is 5.20. The van der Waals surface area contributed by atoms with Crippen LogP contribution in [0.2, 0.25) is 0 Å². The lowest BCUT2D eigenvalue weighted by Gasteiger charge is -2.07. The van der Waals surface area contributed by atoms with Crippen LogP contribution in [0.3, 0.4) is 0 Å². The summed E-state index contributed by atoms with van der Waals surface area (Å²) in [6, 6.07) is 14.1. The summed E-state index contributed by atoms with van der Waals surface area (Å²) in [5, 5.41) is 3.05. The second-order valence-corrected chi connectivity index (χ2v) is 5.20. The monoisotopic (exact) mass is 335 g/mol. The molecule has 0 amide bonds. The number of alkyl halides is 3. The van der Waals surface area contributed by atoms with Crippen molar-refractivity contribution >= 4 is 5.69 Å². The first-order chi connectivity index (χ1) is 11.4. The summed E-state index contributed by atoms with van der Waals surface area (Å²) >= 11 is 0. The Hall–Kier alpha value is -2.76. The minimum absolute atomic E-state index is 0.328. The molecule has 24 heavy (non-hydrogen) atoms. The Kier molecular flexibility index (Phi) is 4.29. The van der Waals surface area contributed by atoms with Crippen LogP contribution < -0.4 is 5.32 Å². The number of halogens is 4. The first kappa shape index (κ1) is 16.1. The number of anilines is 1. The van der Waals surface area contributed by atoms with E-state index in [1.54, 1.807) is 30.3 Å². The largest absolute Gasteiger partial charge is 0.459 e. The third kappa shape index (κ3) is 3.76. The van der Waals surface area contributed by atoms with E-state index in [0.29, 0.717) is 29.3 Å². The van der Waals surface area contributed by atoms with Gasteiger partial charge in [-0.15, -0.1) is 0 Å². The molecule has 1 heterocycles. The van der Waals surface area contributed by atoms with Crippen molar-refractivity contribution in [3.63, 3.8) is 0 Å². The molecule has 0 aliphatic heterocycles. The number of hydrogen-bond donors (Lipinski definition) is 1. The average Bonchev–Trinajstić information content (AvgIpc) is 3.03. The van der Waals surface area contributed by atoms with Crippen molar-refractivity contribution in [3.8, 4) is 11.3 Å². The van der Waals surface area contributed by atoms with Crippen LogP contribution in [0.25, 0.3) is 11.3 Å². The molecule has 124 valence electrons. The molecule has 0 spiro atoms. The molecule has 3 rings (SSSR count). The van der Waals surface area contributed by atoms with E-state index in [2.05, 4.69) is 5.32 Å². The van der Waals surface area contributed by atoms with Crippen molar-refractivity contribution in [2.75, 3.05) is 5.32 Å². The molecule has 2 aromatic carbocycles. The standard InChI is InChI=1S/C18H13F4NO/c19-14-4-6-15(7-5-14)23-11-16-8-9-17(24-16)12-2-1-3-13(10-12)18(20,21)22/h1-10,23H,11H2. The van der Waals surface area contributed by atoms with Crippen LogP contribution in [-0.2, 0) is 12.7 Å². The Morgan fingerprint density at radius 1 is 0.917 bits per heavy atom. The normalized spacial score (nSPS) is 11.5. The number of benzene rings is 2. The minimum atomic E-state index is -4.39. The molecule has 0 radical (unpaired) electrons. The van der Waals surface area contributed by atoms with E-state index in [4.69, 9.17) is 4.42 Å². The van der Waals surface area contributed by atoms with Crippen LogP contribution in [0.1, 0.15) is 11.3 Å². The maximum atomic E-state index is 12.8. The Balaban J connectivity index is 1.72. The van der Waals surface area contributed by atoms with Crippen molar-refractivity contribution in [1.82, 2.24) is 0 Å². The Bertz CT molecular complexity index is 822. The Morgan fingerprint density at radius 2 is 1.67 bits per heavy atom. The predicted molar refractivity (Wildman–Crippen MR) is 82.9 cm³/mol. The van der Waals surface area contributed by atoms with Gasteiger partial charge in [0.15, 0.2) is 0 Å². The zero-order chi connectivity index (χ0) is 17.2. The quantitative estimate of drug-likeness (QED) is 0.617. The molecule has 0 unspecified atom stereocenters. The summed E-state index contributed by atoms with van der Waals surface area (Å²) in [7, 11) is 0. The lowest BCUT2D eigenvalue weighted by Crippen LogP contribution is -2.04. The first-order valence-electron chi connectivity index (χ1n) is 7.17. The molecule has 0 aliphatic carbocycles. The van der Waals surface area contributed by atoms with E-state index in [9.17, 15) is 17.6 Å². The summed E-state index contributed by atoms with van der Waals surface area (Å²) < 4.78 is 56.7. The number of furan rings is 1. The fraction of sp³-hybridized carbons (Fsp3) is 0.111. The molecule has 0 fully saturated rings. The topological polar surface area (TPSA) is 25.2 Å². The number of hydrogen-bond acceptors (Lipinski definition) is 2. The number of nitrogens with one attached hydrogen (secondary N) is 1. The summed E-state index contributed by atoms with van der Waals surface area (Å²) in [5.74, 6) is 0.592. The number of rotatable bonds is 4. The first-order valence-corrected chi connectivity index (χ1v) is 7.17. The second kappa shape index (κ2) is 6.39. The van der Waals surface area contributed by atoms with Crippen molar-refractivity contribution in [2.24, 2.45) is 0 Å². The highest BCUT2D eigenvalue weighted by Gasteiger charge is 2.30. The van der Waals surface area contributed by atoms with Crippen LogP contribution in [0.4, 0.5) is 23.2 Å². The fourth-order valence-corrected chi connectivity index (χ4v) is 2.23. The summed E-state index contributed by atoms with van der Waals surface area (Å²) in [5.41, 5.74) is 0.355. The van der Waals surface area contributed by atoms with Gasteiger partial charge < -0.3 is 9.73 Å². The minimum Gasteiger partial charge on any atom is -0.459 e. The van der Waals surface area contributed by atoms with E-state index in [0.717, 1.165) is 12.1 Å². The van der Waals surface area contributed by atoms with E-state index < -0.39 is 11.7 Å².